The summed E-state index contributed by atoms with van der Waals surface area (Å²) in [6, 6.07) is 3.14. The van der Waals surface area contributed by atoms with E-state index in [-0.39, 0.29) is 5.82 Å². The molecular weight excluding hydrogens is 416 g/mol. The molecule has 1 aromatic carbocycles. The summed E-state index contributed by atoms with van der Waals surface area (Å²) in [5, 5.41) is 0. The number of halogens is 2. The lowest BCUT2D eigenvalue weighted by Gasteiger charge is -2.05. The molecule has 0 saturated carbocycles. The van der Waals surface area contributed by atoms with Crippen molar-refractivity contribution in [1.29, 1.82) is 0 Å². The monoisotopic (exact) mass is 429 g/mol. The van der Waals surface area contributed by atoms with Crippen molar-refractivity contribution < 1.29 is 12.8 Å². The third-order valence-electron chi connectivity index (χ3n) is 2.74. The van der Waals surface area contributed by atoms with Crippen molar-refractivity contribution in [1.82, 2.24) is 14.3 Å². The van der Waals surface area contributed by atoms with Crippen molar-refractivity contribution in [3.63, 3.8) is 0 Å². The van der Waals surface area contributed by atoms with Gasteiger partial charge in [-0.25, -0.2) is 17.5 Å². The lowest BCUT2D eigenvalue weighted by Crippen LogP contribution is -2.23. The summed E-state index contributed by atoms with van der Waals surface area (Å²) in [6.07, 6.45) is 1.68. The number of aromatic nitrogens is 2. The number of benzene rings is 1. The number of H-pyrrole nitrogens is 1. The Labute approximate surface area is 134 Å². The van der Waals surface area contributed by atoms with Gasteiger partial charge in [0.15, 0.2) is 4.77 Å². The van der Waals surface area contributed by atoms with E-state index in [1.165, 1.54) is 6.07 Å². The van der Waals surface area contributed by atoms with Gasteiger partial charge in [-0.05, 0) is 47.3 Å². The number of aryl methyl sites for hydroxylation is 1. The molecule has 0 unspecified atom stereocenters. The van der Waals surface area contributed by atoms with Crippen LogP contribution in [0.5, 0.6) is 0 Å². The standard InChI is InChI=1S/C11H13FIN3O2S2/c1-20(17,18)14-3-2-4-16-10-5-7(12)8(13)6-9(10)15-11(16)19/h5-6,14H,2-4H2,1H3,(H,15,19). The van der Waals surface area contributed by atoms with Crippen LogP contribution >= 0.6 is 34.8 Å². The number of rotatable bonds is 5. The van der Waals surface area contributed by atoms with Gasteiger partial charge >= 0.3 is 0 Å². The summed E-state index contributed by atoms with van der Waals surface area (Å²) in [5.41, 5.74) is 1.46. The number of nitrogens with zero attached hydrogens (tertiary/aromatic N) is 1. The second-order valence-corrected chi connectivity index (χ2v) is 7.77. The Morgan fingerprint density at radius 2 is 2.20 bits per heavy atom. The van der Waals surface area contributed by atoms with Gasteiger partial charge < -0.3 is 9.55 Å². The molecule has 9 heteroatoms. The highest BCUT2D eigenvalue weighted by Gasteiger charge is 2.09. The Hall–Kier alpha value is -0.520. The first-order chi connectivity index (χ1) is 9.28. The van der Waals surface area contributed by atoms with E-state index in [1.807, 2.05) is 22.6 Å². The van der Waals surface area contributed by atoms with Crippen molar-refractivity contribution in [2.75, 3.05) is 12.8 Å². The minimum absolute atomic E-state index is 0.296. The number of hydrogen-bond donors (Lipinski definition) is 2. The Morgan fingerprint density at radius 1 is 1.50 bits per heavy atom. The largest absolute Gasteiger partial charge is 0.331 e. The number of fused-ring (bicyclic) bond motifs is 1. The molecule has 110 valence electrons. The highest BCUT2D eigenvalue weighted by Crippen LogP contribution is 2.20. The normalized spacial score (nSPS) is 12.2. The van der Waals surface area contributed by atoms with Crippen LogP contribution in [0.2, 0.25) is 0 Å². The van der Waals surface area contributed by atoms with Crippen LogP contribution in [0, 0.1) is 14.2 Å². The summed E-state index contributed by atoms with van der Waals surface area (Å²) < 4.78 is 40.7. The summed E-state index contributed by atoms with van der Waals surface area (Å²) in [5.74, 6) is -0.296. The zero-order valence-electron chi connectivity index (χ0n) is 10.6. The van der Waals surface area contributed by atoms with E-state index in [0.29, 0.717) is 33.4 Å². The predicted molar refractivity (Wildman–Crippen MR) is 87.3 cm³/mol. The minimum Gasteiger partial charge on any atom is -0.331 e. The van der Waals surface area contributed by atoms with E-state index in [9.17, 15) is 12.8 Å². The smallest absolute Gasteiger partial charge is 0.208 e. The first-order valence-electron chi connectivity index (χ1n) is 5.80. The fraction of sp³-hybridized carbons (Fsp3) is 0.364. The number of hydrogen-bond acceptors (Lipinski definition) is 3. The molecule has 0 bridgehead atoms. The number of aromatic amines is 1. The maximum Gasteiger partial charge on any atom is 0.208 e. The molecule has 2 aromatic rings. The molecule has 0 radical (unpaired) electrons. The van der Waals surface area contributed by atoms with Crippen LogP contribution in [0.1, 0.15) is 6.42 Å². The molecule has 1 heterocycles. The van der Waals surface area contributed by atoms with E-state index in [0.717, 1.165) is 11.8 Å². The molecule has 0 saturated heterocycles. The molecule has 0 fully saturated rings. The van der Waals surface area contributed by atoms with Crippen LogP contribution in [-0.2, 0) is 16.6 Å². The van der Waals surface area contributed by atoms with Crippen LogP contribution in [0.3, 0.4) is 0 Å². The average Bonchev–Trinajstić information content (AvgIpc) is 2.60. The molecule has 0 spiro atoms. The second-order valence-electron chi connectivity index (χ2n) is 4.39. The fourth-order valence-electron chi connectivity index (χ4n) is 1.87. The molecule has 1 aromatic heterocycles. The van der Waals surface area contributed by atoms with E-state index in [2.05, 4.69) is 9.71 Å². The highest BCUT2D eigenvalue weighted by atomic mass is 127. The van der Waals surface area contributed by atoms with Crippen LogP contribution in [-0.4, -0.2) is 30.8 Å². The molecule has 5 nitrogen and oxygen atoms in total. The number of nitrogens with one attached hydrogen (secondary N) is 2. The van der Waals surface area contributed by atoms with Gasteiger partial charge in [-0.1, -0.05) is 0 Å². The van der Waals surface area contributed by atoms with Gasteiger partial charge in [0.05, 0.1) is 20.9 Å². The Bertz CT molecular complexity index is 798. The molecule has 0 aliphatic heterocycles. The van der Waals surface area contributed by atoms with Crippen LogP contribution in [0.15, 0.2) is 12.1 Å². The topological polar surface area (TPSA) is 66.9 Å². The SMILES string of the molecule is CS(=O)(=O)NCCCn1c(=S)[nH]c2cc(I)c(F)cc21. The van der Waals surface area contributed by atoms with E-state index < -0.39 is 10.0 Å². The third-order valence-corrected chi connectivity index (χ3v) is 4.62. The van der Waals surface area contributed by atoms with Gasteiger partial charge in [0.2, 0.25) is 10.0 Å². The van der Waals surface area contributed by atoms with Crippen LogP contribution in [0.25, 0.3) is 11.0 Å². The van der Waals surface area contributed by atoms with Gasteiger partial charge in [-0.3, -0.25) is 0 Å². The van der Waals surface area contributed by atoms with Gasteiger partial charge in [-0.2, -0.15) is 0 Å². The molecule has 0 atom stereocenters. The number of imidazole rings is 1. The van der Waals surface area contributed by atoms with Crippen molar-refractivity contribution in [2.45, 2.75) is 13.0 Å². The average molecular weight is 429 g/mol. The van der Waals surface area contributed by atoms with Gasteiger partial charge in [0.1, 0.15) is 5.82 Å². The lowest BCUT2D eigenvalue weighted by molar-refractivity contribution is 0.576. The lowest BCUT2D eigenvalue weighted by atomic mass is 10.3. The zero-order chi connectivity index (χ0) is 14.9. The van der Waals surface area contributed by atoms with Crippen molar-refractivity contribution in [3.8, 4) is 0 Å². The summed E-state index contributed by atoms with van der Waals surface area (Å²) in [4.78, 5) is 3.02. The minimum atomic E-state index is -3.18. The number of sulfonamides is 1. The Morgan fingerprint density at radius 3 is 2.85 bits per heavy atom. The van der Waals surface area contributed by atoms with Gasteiger partial charge in [0.25, 0.3) is 0 Å². The van der Waals surface area contributed by atoms with Crippen molar-refractivity contribution >= 4 is 55.9 Å². The first-order valence-corrected chi connectivity index (χ1v) is 9.18. The summed E-state index contributed by atoms with van der Waals surface area (Å²) in [6.45, 7) is 0.835. The zero-order valence-corrected chi connectivity index (χ0v) is 14.4. The van der Waals surface area contributed by atoms with Crippen LogP contribution in [0.4, 0.5) is 4.39 Å². The molecular formula is C11H13FIN3O2S2. The van der Waals surface area contributed by atoms with Gasteiger partial charge in [0, 0.05) is 19.2 Å². The summed E-state index contributed by atoms with van der Waals surface area (Å²) >= 11 is 7.13. The maximum absolute atomic E-state index is 13.6. The molecule has 0 aliphatic carbocycles. The Balaban J connectivity index is 2.20. The molecule has 20 heavy (non-hydrogen) atoms. The van der Waals surface area contributed by atoms with E-state index >= 15 is 0 Å². The molecule has 0 amide bonds. The fourth-order valence-corrected chi connectivity index (χ4v) is 3.15. The molecule has 0 aliphatic rings. The highest BCUT2D eigenvalue weighted by molar-refractivity contribution is 14.1. The van der Waals surface area contributed by atoms with Crippen molar-refractivity contribution in [2.24, 2.45) is 0 Å². The first kappa shape index (κ1) is 15.9. The second kappa shape index (κ2) is 6.08. The molecule has 2 N–H and O–H groups in total. The maximum atomic E-state index is 13.6. The predicted octanol–water partition coefficient (Wildman–Crippen LogP) is 2.38. The van der Waals surface area contributed by atoms with Crippen molar-refractivity contribution in [3.05, 3.63) is 26.3 Å². The van der Waals surface area contributed by atoms with Gasteiger partial charge in [-0.15, -0.1) is 0 Å². The van der Waals surface area contributed by atoms with E-state index in [1.54, 1.807) is 10.6 Å². The summed E-state index contributed by atoms with van der Waals surface area (Å²) in [7, 11) is -3.18. The molecule has 2 rings (SSSR count). The Kier molecular flexibility index (Phi) is 4.82. The van der Waals surface area contributed by atoms with E-state index in [4.69, 9.17) is 12.2 Å². The van der Waals surface area contributed by atoms with Crippen LogP contribution < -0.4 is 4.72 Å². The quantitative estimate of drug-likeness (QED) is 0.436. The third kappa shape index (κ3) is 3.77.